The number of halogens is 2. The van der Waals surface area contributed by atoms with Gasteiger partial charge in [-0.05, 0) is 44.0 Å². The predicted octanol–water partition coefficient (Wildman–Crippen LogP) is 4.68. The van der Waals surface area contributed by atoms with Crippen LogP contribution in [0.1, 0.15) is 31.2 Å². The lowest BCUT2D eigenvalue weighted by molar-refractivity contribution is 0.253. The van der Waals surface area contributed by atoms with Crippen molar-refractivity contribution in [1.29, 1.82) is 0 Å². The average Bonchev–Trinajstić information content (AvgIpc) is 3.50. The highest BCUT2D eigenvalue weighted by molar-refractivity contribution is 8.26. The minimum absolute atomic E-state index is 0.0889. The number of fused-ring (bicyclic) bond motifs is 3. The van der Waals surface area contributed by atoms with E-state index in [4.69, 9.17) is 14.9 Å². The minimum atomic E-state index is -3.56. The standard InChI is InChI=1S/C25H25F2N7O4S/c1-24(18-4-6-25(13-26,23(28)34-24)39(18,35)36)15-10-14(2-3-16(15)27)32-22-21-17(5-7-30-22)33-19(11-31-21)38-12-20-29-8-9-37-20/h2-3,5,7-11,18,35-36H,4,6,12-13H2,1H3,(H2,28,34)(H,30,32)/t18-,24+,25-/m0/s1. The maximum Gasteiger partial charge on any atom is 0.233 e. The molecule has 39 heavy (non-hydrogen) atoms. The van der Waals surface area contributed by atoms with Gasteiger partial charge in [0.1, 0.15) is 40.4 Å². The van der Waals surface area contributed by atoms with E-state index in [1.165, 1.54) is 36.9 Å². The Morgan fingerprint density at radius 1 is 1.23 bits per heavy atom. The lowest BCUT2D eigenvalue weighted by atomic mass is 9.86. The van der Waals surface area contributed by atoms with Crippen LogP contribution in [0.3, 0.4) is 0 Å². The van der Waals surface area contributed by atoms with Gasteiger partial charge in [0.25, 0.3) is 0 Å². The quantitative estimate of drug-likeness (QED) is 0.251. The summed E-state index contributed by atoms with van der Waals surface area (Å²) in [7, 11) is -3.56. The number of nitrogens with one attached hydrogen (secondary N) is 1. The van der Waals surface area contributed by atoms with Crippen molar-refractivity contribution in [2.24, 2.45) is 10.7 Å². The molecule has 204 valence electrons. The Morgan fingerprint density at radius 2 is 2.08 bits per heavy atom. The molecular weight excluding hydrogens is 532 g/mol. The molecule has 14 heteroatoms. The molecule has 0 spiro atoms. The van der Waals surface area contributed by atoms with E-state index in [9.17, 15) is 13.5 Å². The van der Waals surface area contributed by atoms with Gasteiger partial charge in [0.15, 0.2) is 12.4 Å². The number of hydrogen-bond acceptors (Lipinski definition) is 11. The summed E-state index contributed by atoms with van der Waals surface area (Å²) in [6.45, 7) is 0.642. The number of pyridine rings is 1. The molecule has 2 aliphatic heterocycles. The van der Waals surface area contributed by atoms with Gasteiger partial charge in [-0.25, -0.2) is 28.7 Å². The minimum Gasteiger partial charge on any atom is -0.467 e. The molecule has 5 N–H and O–H groups in total. The van der Waals surface area contributed by atoms with Gasteiger partial charge in [-0.3, -0.25) is 14.1 Å². The third-order valence-electron chi connectivity index (χ3n) is 7.48. The SMILES string of the molecule is C[C@]1(c2cc(Nc3nccc4nc(OCc5ncco5)cnc34)ccc2F)N=C(N)[C@@]2(CF)CC[C@@H]1S2(O)O. The Bertz CT molecular complexity index is 1590. The highest BCUT2D eigenvalue weighted by Crippen LogP contribution is 2.71. The maximum absolute atomic E-state index is 15.3. The Hall–Kier alpha value is -3.88. The van der Waals surface area contributed by atoms with E-state index in [1.807, 2.05) is 0 Å². The first-order valence-corrected chi connectivity index (χ1v) is 13.7. The fourth-order valence-corrected chi connectivity index (χ4v) is 8.13. The molecule has 4 aromatic rings. The van der Waals surface area contributed by atoms with Crippen molar-refractivity contribution < 1.29 is 27.0 Å². The van der Waals surface area contributed by atoms with Gasteiger partial charge in [-0.2, -0.15) is 10.6 Å². The molecule has 1 saturated heterocycles. The molecule has 2 aliphatic rings. The normalized spacial score (nSPS) is 26.3. The van der Waals surface area contributed by atoms with Gasteiger partial charge < -0.3 is 20.2 Å². The zero-order valence-electron chi connectivity index (χ0n) is 20.7. The molecule has 0 saturated carbocycles. The molecule has 0 radical (unpaired) electrons. The monoisotopic (exact) mass is 557 g/mol. The van der Waals surface area contributed by atoms with E-state index in [2.05, 4.69) is 30.2 Å². The lowest BCUT2D eigenvalue weighted by Crippen LogP contribution is -2.55. The van der Waals surface area contributed by atoms with E-state index in [0.29, 0.717) is 28.4 Å². The number of aromatic nitrogens is 4. The summed E-state index contributed by atoms with van der Waals surface area (Å²) in [5, 5.41) is 2.24. The number of nitrogens with zero attached hydrogens (tertiary/aromatic N) is 5. The molecular formula is C25H25F2N7O4S. The Morgan fingerprint density at radius 3 is 2.85 bits per heavy atom. The number of benzene rings is 1. The molecule has 0 unspecified atom stereocenters. The fourth-order valence-electron chi connectivity index (χ4n) is 5.38. The molecule has 0 amide bonds. The number of ether oxygens (including phenoxy) is 1. The number of alkyl halides is 1. The summed E-state index contributed by atoms with van der Waals surface area (Å²) in [5.74, 6) is 0.213. The van der Waals surface area contributed by atoms with E-state index >= 15 is 4.39 Å². The van der Waals surface area contributed by atoms with Crippen LogP contribution in [-0.4, -0.2) is 51.5 Å². The van der Waals surface area contributed by atoms with Crippen molar-refractivity contribution in [2.75, 3.05) is 12.0 Å². The second kappa shape index (κ2) is 9.10. The number of aliphatic imine (C=N–C) groups is 1. The van der Waals surface area contributed by atoms with Crippen molar-refractivity contribution in [2.45, 2.75) is 41.9 Å². The van der Waals surface area contributed by atoms with Crippen molar-refractivity contribution in [3.63, 3.8) is 0 Å². The second-order valence-corrected chi connectivity index (χ2v) is 12.2. The van der Waals surface area contributed by atoms with Crippen molar-refractivity contribution in [3.8, 4) is 5.88 Å². The van der Waals surface area contributed by atoms with E-state index in [-0.39, 0.29) is 36.7 Å². The van der Waals surface area contributed by atoms with Gasteiger partial charge in [-0.15, -0.1) is 0 Å². The topological polar surface area (TPSA) is 165 Å². The van der Waals surface area contributed by atoms with E-state index < -0.39 is 38.6 Å². The first kappa shape index (κ1) is 25.4. The van der Waals surface area contributed by atoms with Crippen LogP contribution in [0.15, 0.2) is 58.5 Å². The predicted molar refractivity (Wildman–Crippen MR) is 141 cm³/mol. The zero-order chi connectivity index (χ0) is 27.4. The molecule has 11 nitrogen and oxygen atoms in total. The lowest BCUT2D eigenvalue weighted by Gasteiger charge is -2.54. The van der Waals surface area contributed by atoms with E-state index in [1.54, 1.807) is 19.2 Å². The second-order valence-electron chi connectivity index (χ2n) is 9.66. The molecule has 0 aliphatic carbocycles. The summed E-state index contributed by atoms with van der Waals surface area (Å²) >= 11 is 0. The number of oxazole rings is 1. The van der Waals surface area contributed by atoms with Gasteiger partial charge in [0, 0.05) is 17.4 Å². The van der Waals surface area contributed by atoms with Crippen LogP contribution in [0.5, 0.6) is 5.88 Å². The zero-order valence-corrected chi connectivity index (χ0v) is 21.5. The largest absolute Gasteiger partial charge is 0.467 e. The Labute approximate surface area is 222 Å². The van der Waals surface area contributed by atoms with Crippen LogP contribution < -0.4 is 15.8 Å². The van der Waals surface area contributed by atoms with Crippen LogP contribution in [0, 0.1) is 5.82 Å². The molecule has 2 bridgehead atoms. The van der Waals surface area contributed by atoms with Crippen LogP contribution in [0.25, 0.3) is 11.0 Å². The first-order chi connectivity index (χ1) is 18.7. The van der Waals surface area contributed by atoms with E-state index in [0.717, 1.165) is 0 Å². The average molecular weight is 558 g/mol. The third-order valence-corrected chi connectivity index (χ3v) is 10.6. The van der Waals surface area contributed by atoms with Crippen LogP contribution in [-0.2, 0) is 12.1 Å². The highest BCUT2D eigenvalue weighted by atomic mass is 32.3. The summed E-state index contributed by atoms with van der Waals surface area (Å²) in [5.41, 5.74) is 6.19. The number of rotatable bonds is 7. The Balaban J connectivity index is 1.32. The molecule has 5 heterocycles. The number of amidine groups is 1. The molecule has 3 aromatic heterocycles. The van der Waals surface area contributed by atoms with Crippen molar-refractivity contribution in [3.05, 3.63) is 66.4 Å². The third kappa shape index (κ3) is 3.89. The molecule has 1 fully saturated rings. The highest BCUT2D eigenvalue weighted by Gasteiger charge is 2.65. The smallest absolute Gasteiger partial charge is 0.233 e. The van der Waals surface area contributed by atoms with Gasteiger partial charge >= 0.3 is 0 Å². The summed E-state index contributed by atoms with van der Waals surface area (Å²) < 4.78 is 60.6. The number of hydrogen-bond donors (Lipinski definition) is 4. The van der Waals surface area contributed by atoms with Gasteiger partial charge in [-0.1, -0.05) is 0 Å². The summed E-state index contributed by atoms with van der Waals surface area (Å²) in [6.07, 6.45) is 6.31. The molecule has 3 atom stereocenters. The van der Waals surface area contributed by atoms with Crippen LogP contribution in [0.2, 0.25) is 0 Å². The van der Waals surface area contributed by atoms with Gasteiger partial charge in [0.05, 0.1) is 23.2 Å². The molecule has 1 aromatic carbocycles. The van der Waals surface area contributed by atoms with Crippen LogP contribution in [0.4, 0.5) is 20.3 Å². The number of nitrogens with two attached hydrogens (primary N) is 1. The Kier molecular flexibility index (Phi) is 5.93. The summed E-state index contributed by atoms with van der Waals surface area (Å²) in [4.78, 5) is 21.7. The van der Waals surface area contributed by atoms with Gasteiger partial charge in [0.2, 0.25) is 11.8 Å². The maximum atomic E-state index is 15.3. The summed E-state index contributed by atoms with van der Waals surface area (Å²) in [6, 6.07) is 5.95. The fraction of sp³-hybridized carbons (Fsp3) is 0.320. The van der Waals surface area contributed by atoms with Crippen molar-refractivity contribution in [1.82, 2.24) is 19.9 Å². The van der Waals surface area contributed by atoms with Crippen molar-refractivity contribution >= 4 is 39.0 Å². The van der Waals surface area contributed by atoms with Crippen LogP contribution >= 0.6 is 10.6 Å². The first-order valence-electron chi connectivity index (χ1n) is 12.1. The number of anilines is 2. The molecule has 6 rings (SSSR count).